The van der Waals surface area contributed by atoms with Crippen LogP contribution in [-0.2, 0) is 0 Å². The summed E-state index contributed by atoms with van der Waals surface area (Å²) in [5.41, 5.74) is 1.26. The van der Waals surface area contributed by atoms with Gasteiger partial charge in [-0.3, -0.25) is 0 Å². The van der Waals surface area contributed by atoms with Gasteiger partial charge in [-0.2, -0.15) is 5.26 Å². The lowest BCUT2D eigenvalue weighted by atomic mass is 9.87. The first kappa shape index (κ1) is 15.3. The number of nitrogens with one attached hydrogen (secondary N) is 1. The lowest BCUT2D eigenvalue weighted by Crippen LogP contribution is -2.32. The summed E-state index contributed by atoms with van der Waals surface area (Å²) in [5.74, 6) is 0.914. The van der Waals surface area contributed by atoms with Crippen molar-refractivity contribution in [2.75, 3.05) is 6.54 Å². The van der Waals surface area contributed by atoms with Crippen LogP contribution in [0.1, 0.15) is 44.1 Å². The summed E-state index contributed by atoms with van der Waals surface area (Å²) in [4.78, 5) is 0. The predicted molar refractivity (Wildman–Crippen MR) is 83.6 cm³/mol. The summed E-state index contributed by atoms with van der Waals surface area (Å²) >= 11 is 0. The highest BCUT2D eigenvalue weighted by Gasteiger charge is 2.22. The number of rotatable bonds is 7. The first-order valence-corrected chi connectivity index (χ1v) is 7.31. The van der Waals surface area contributed by atoms with E-state index in [0.717, 1.165) is 18.7 Å². The fourth-order valence-electron chi connectivity index (χ4n) is 2.34. The minimum absolute atomic E-state index is 0.0440. The van der Waals surface area contributed by atoms with Crippen molar-refractivity contribution in [1.82, 2.24) is 5.32 Å². The van der Waals surface area contributed by atoms with Crippen LogP contribution in [0.3, 0.4) is 0 Å². The molecule has 1 aromatic carbocycles. The number of benzene rings is 1. The molecule has 1 atom stereocenters. The van der Waals surface area contributed by atoms with Gasteiger partial charge in [0.2, 0.25) is 0 Å². The van der Waals surface area contributed by atoms with Crippen LogP contribution in [0.15, 0.2) is 53.1 Å². The Hall–Kier alpha value is -2.05. The molecule has 0 aliphatic rings. The maximum atomic E-state index is 8.75. The Kier molecular flexibility index (Phi) is 5.19. The van der Waals surface area contributed by atoms with E-state index in [4.69, 9.17) is 9.68 Å². The first-order chi connectivity index (χ1) is 10.1. The summed E-state index contributed by atoms with van der Waals surface area (Å²) in [5, 5.41) is 12.3. The Morgan fingerprint density at radius 2 is 1.95 bits per heavy atom. The van der Waals surface area contributed by atoms with Crippen LogP contribution in [0.2, 0.25) is 0 Å². The zero-order valence-corrected chi connectivity index (χ0v) is 12.7. The van der Waals surface area contributed by atoms with Crippen molar-refractivity contribution in [1.29, 1.82) is 5.26 Å². The molecule has 0 saturated carbocycles. The zero-order valence-electron chi connectivity index (χ0n) is 12.7. The van der Waals surface area contributed by atoms with Gasteiger partial charge in [0.05, 0.1) is 18.4 Å². The molecule has 0 radical (unpaired) electrons. The molecular weight excluding hydrogens is 260 g/mol. The van der Waals surface area contributed by atoms with Crippen molar-refractivity contribution < 1.29 is 4.42 Å². The van der Waals surface area contributed by atoms with Crippen LogP contribution >= 0.6 is 0 Å². The minimum Gasteiger partial charge on any atom is -0.467 e. The standard InChI is InChI=1S/C18H22N2O/c1-18(2,11-7-12-19)14-20-17(16-10-6-13-21-16)15-8-4-3-5-9-15/h3-6,8-10,13,17,20H,7,11,14H2,1-2H3. The van der Waals surface area contributed by atoms with E-state index in [1.54, 1.807) is 6.26 Å². The average Bonchev–Trinajstić information content (AvgIpc) is 3.01. The van der Waals surface area contributed by atoms with Crippen molar-refractivity contribution >= 4 is 0 Å². The average molecular weight is 282 g/mol. The molecule has 0 amide bonds. The molecule has 0 aliphatic carbocycles. The van der Waals surface area contributed by atoms with Gasteiger partial charge < -0.3 is 9.73 Å². The van der Waals surface area contributed by atoms with E-state index < -0.39 is 0 Å². The van der Waals surface area contributed by atoms with Crippen molar-refractivity contribution in [2.24, 2.45) is 5.41 Å². The predicted octanol–water partition coefficient (Wildman–Crippen LogP) is 4.29. The SMILES string of the molecule is CC(C)(CCC#N)CNC(c1ccccc1)c1ccco1. The molecule has 0 bridgehead atoms. The third-order valence-corrected chi connectivity index (χ3v) is 3.66. The molecule has 3 heteroatoms. The van der Waals surface area contributed by atoms with Gasteiger partial charge in [0.1, 0.15) is 5.76 Å². The third-order valence-electron chi connectivity index (χ3n) is 3.66. The molecule has 0 aliphatic heterocycles. The van der Waals surface area contributed by atoms with Crippen LogP contribution in [-0.4, -0.2) is 6.54 Å². The fourth-order valence-corrected chi connectivity index (χ4v) is 2.34. The molecule has 110 valence electrons. The number of furan rings is 1. The molecule has 0 fully saturated rings. The highest BCUT2D eigenvalue weighted by Crippen LogP contribution is 2.26. The van der Waals surface area contributed by atoms with Crippen molar-refractivity contribution in [2.45, 2.75) is 32.7 Å². The van der Waals surface area contributed by atoms with Crippen molar-refractivity contribution in [3.05, 3.63) is 60.1 Å². The Morgan fingerprint density at radius 3 is 2.57 bits per heavy atom. The monoisotopic (exact) mass is 282 g/mol. The first-order valence-electron chi connectivity index (χ1n) is 7.31. The van der Waals surface area contributed by atoms with Gasteiger partial charge in [0, 0.05) is 13.0 Å². The van der Waals surface area contributed by atoms with E-state index in [2.05, 4.69) is 37.4 Å². The summed E-state index contributed by atoms with van der Waals surface area (Å²) in [7, 11) is 0. The van der Waals surface area contributed by atoms with E-state index in [0.29, 0.717) is 6.42 Å². The van der Waals surface area contributed by atoms with E-state index in [9.17, 15) is 0 Å². The molecule has 21 heavy (non-hydrogen) atoms. The topological polar surface area (TPSA) is 49.0 Å². The van der Waals surface area contributed by atoms with Crippen molar-refractivity contribution in [3.63, 3.8) is 0 Å². The second-order valence-electron chi connectivity index (χ2n) is 6.06. The van der Waals surface area contributed by atoms with Gasteiger partial charge in [-0.1, -0.05) is 44.2 Å². The molecule has 2 aromatic rings. The van der Waals surface area contributed by atoms with E-state index in [-0.39, 0.29) is 11.5 Å². The molecular formula is C18H22N2O. The van der Waals surface area contributed by atoms with Crippen LogP contribution in [0, 0.1) is 16.7 Å². The van der Waals surface area contributed by atoms with Crippen LogP contribution in [0.4, 0.5) is 0 Å². The largest absolute Gasteiger partial charge is 0.467 e. The quantitative estimate of drug-likeness (QED) is 0.824. The number of hydrogen-bond donors (Lipinski definition) is 1. The normalized spacial score (nSPS) is 12.8. The second kappa shape index (κ2) is 7.10. The molecule has 1 heterocycles. The molecule has 2 rings (SSSR count). The summed E-state index contributed by atoms with van der Waals surface area (Å²) in [6.45, 7) is 5.19. The van der Waals surface area contributed by atoms with E-state index in [1.165, 1.54) is 5.56 Å². The van der Waals surface area contributed by atoms with Gasteiger partial charge in [-0.05, 0) is 29.5 Å². The molecule has 1 aromatic heterocycles. The highest BCUT2D eigenvalue weighted by molar-refractivity contribution is 5.26. The molecule has 3 nitrogen and oxygen atoms in total. The Labute approximate surface area is 126 Å². The lowest BCUT2D eigenvalue weighted by Gasteiger charge is -2.27. The molecule has 0 saturated heterocycles. The Balaban J connectivity index is 2.10. The smallest absolute Gasteiger partial charge is 0.125 e. The van der Waals surface area contributed by atoms with Crippen LogP contribution in [0.5, 0.6) is 0 Å². The number of hydrogen-bond acceptors (Lipinski definition) is 3. The van der Waals surface area contributed by atoms with Crippen LogP contribution in [0.25, 0.3) is 0 Å². The number of nitrogens with zero attached hydrogens (tertiary/aromatic N) is 1. The van der Waals surface area contributed by atoms with Gasteiger partial charge >= 0.3 is 0 Å². The van der Waals surface area contributed by atoms with Gasteiger partial charge in [-0.25, -0.2) is 0 Å². The summed E-state index contributed by atoms with van der Waals surface area (Å²) in [6, 6.07) is 16.5. The van der Waals surface area contributed by atoms with Gasteiger partial charge in [0.25, 0.3) is 0 Å². The Morgan fingerprint density at radius 1 is 1.19 bits per heavy atom. The van der Waals surface area contributed by atoms with Gasteiger partial charge in [0.15, 0.2) is 0 Å². The second-order valence-corrected chi connectivity index (χ2v) is 6.06. The third kappa shape index (κ3) is 4.47. The molecule has 0 spiro atoms. The van der Waals surface area contributed by atoms with Crippen molar-refractivity contribution in [3.8, 4) is 6.07 Å². The zero-order chi connectivity index (χ0) is 15.1. The minimum atomic E-state index is 0.0440. The fraction of sp³-hybridized carbons (Fsp3) is 0.389. The number of nitriles is 1. The summed E-state index contributed by atoms with van der Waals surface area (Å²) in [6.07, 6.45) is 3.18. The highest BCUT2D eigenvalue weighted by atomic mass is 16.3. The van der Waals surface area contributed by atoms with Crippen LogP contribution < -0.4 is 5.32 Å². The van der Waals surface area contributed by atoms with E-state index in [1.807, 2.05) is 30.3 Å². The molecule has 1 N–H and O–H groups in total. The van der Waals surface area contributed by atoms with Gasteiger partial charge in [-0.15, -0.1) is 0 Å². The molecule has 1 unspecified atom stereocenters. The Bertz CT molecular complexity index is 567. The summed E-state index contributed by atoms with van der Waals surface area (Å²) < 4.78 is 5.58. The van der Waals surface area contributed by atoms with E-state index >= 15 is 0 Å². The maximum absolute atomic E-state index is 8.75. The maximum Gasteiger partial charge on any atom is 0.125 e. The lowest BCUT2D eigenvalue weighted by molar-refractivity contribution is 0.299.